The molecule has 0 aliphatic heterocycles. The van der Waals surface area contributed by atoms with Crippen molar-refractivity contribution in [3.05, 3.63) is 35.9 Å². The number of carbonyl (C=O) groups excluding carboxylic acids is 1. The van der Waals surface area contributed by atoms with Gasteiger partial charge in [-0.2, -0.15) is 0 Å². The van der Waals surface area contributed by atoms with Gasteiger partial charge >= 0.3 is 0 Å². The van der Waals surface area contributed by atoms with Crippen molar-refractivity contribution < 1.29 is 9.90 Å². The Balaban J connectivity index is 2.84. The van der Waals surface area contributed by atoms with Crippen molar-refractivity contribution >= 4 is 6.29 Å². The Bertz CT molecular complexity index is 206. The van der Waals surface area contributed by atoms with Crippen LogP contribution < -0.4 is 0 Å². The lowest BCUT2D eigenvalue weighted by atomic mass is 10.1. The Morgan fingerprint density at radius 3 is 2.40 bits per heavy atom. The van der Waals surface area contributed by atoms with Crippen LogP contribution in [-0.2, 0) is 4.79 Å². The monoisotopic (exact) mass is 135 g/mol. The van der Waals surface area contributed by atoms with Gasteiger partial charge in [0.05, 0.1) is 0 Å². The Morgan fingerprint density at radius 2 is 1.90 bits per heavy atom. The minimum absolute atomic E-state index is 0.581. The lowest BCUT2D eigenvalue weighted by Gasteiger charge is -1.98. The van der Waals surface area contributed by atoms with Crippen molar-refractivity contribution in [2.75, 3.05) is 0 Å². The first kappa shape index (κ1) is 6.96. The number of rotatable bonds is 2. The van der Waals surface area contributed by atoms with Crippen LogP contribution in [0.3, 0.4) is 0 Å². The topological polar surface area (TPSA) is 37.3 Å². The maximum Gasteiger partial charge on any atom is 0.234 e. The molecule has 0 unspecified atom stereocenters. The number of aliphatic hydroxyl groups is 1. The molecule has 2 nitrogen and oxygen atoms in total. The molecular formula is C8H7O2. The van der Waals surface area contributed by atoms with Gasteiger partial charge in [-0.25, -0.2) is 0 Å². The summed E-state index contributed by atoms with van der Waals surface area (Å²) in [5, 5.41) is 8.91. The summed E-state index contributed by atoms with van der Waals surface area (Å²) < 4.78 is 0. The molecule has 51 valence electrons. The second-order valence-corrected chi connectivity index (χ2v) is 1.93. The van der Waals surface area contributed by atoms with E-state index in [1.54, 1.807) is 24.3 Å². The Morgan fingerprint density at radius 1 is 1.30 bits per heavy atom. The minimum Gasteiger partial charge on any atom is -0.380 e. The van der Waals surface area contributed by atoms with Crippen LogP contribution in [0.25, 0.3) is 0 Å². The van der Waals surface area contributed by atoms with Crippen molar-refractivity contribution in [2.24, 2.45) is 0 Å². The summed E-state index contributed by atoms with van der Waals surface area (Å²) in [5.41, 5.74) is 0.581. The molecule has 2 heteroatoms. The summed E-state index contributed by atoms with van der Waals surface area (Å²) in [6.07, 6.45) is 0.391. The van der Waals surface area contributed by atoms with Gasteiger partial charge in [-0.3, -0.25) is 4.79 Å². The number of aliphatic hydroxyl groups excluding tert-OH is 1. The number of hydrogen-bond donors (Lipinski definition) is 1. The molecule has 1 rings (SSSR count). The van der Waals surface area contributed by atoms with Crippen LogP contribution in [0.15, 0.2) is 30.3 Å². The second kappa shape index (κ2) is 3.13. The van der Waals surface area contributed by atoms with Gasteiger partial charge in [0.25, 0.3) is 0 Å². The molecule has 0 fully saturated rings. The van der Waals surface area contributed by atoms with Gasteiger partial charge in [0.1, 0.15) is 6.10 Å². The minimum atomic E-state index is -1.10. The molecule has 0 spiro atoms. The Kier molecular flexibility index (Phi) is 2.18. The van der Waals surface area contributed by atoms with Gasteiger partial charge in [-0.15, -0.1) is 0 Å². The summed E-state index contributed by atoms with van der Waals surface area (Å²) in [6.45, 7) is 0. The van der Waals surface area contributed by atoms with Crippen LogP contribution in [0.4, 0.5) is 0 Å². The van der Waals surface area contributed by atoms with Gasteiger partial charge in [-0.1, -0.05) is 30.3 Å². The zero-order chi connectivity index (χ0) is 7.40. The number of benzene rings is 1. The summed E-state index contributed by atoms with van der Waals surface area (Å²) in [5.74, 6) is 0. The molecule has 1 atom stereocenters. The third kappa shape index (κ3) is 1.42. The lowest BCUT2D eigenvalue weighted by molar-refractivity contribution is 0.240. The van der Waals surface area contributed by atoms with E-state index in [4.69, 9.17) is 5.11 Å². The highest BCUT2D eigenvalue weighted by Gasteiger charge is 2.03. The first-order chi connectivity index (χ1) is 4.84. The van der Waals surface area contributed by atoms with Crippen LogP contribution >= 0.6 is 0 Å². The molecule has 1 radical (unpaired) electrons. The predicted molar refractivity (Wildman–Crippen MR) is 37.1 cm³/mol. The molecule has 0 aliphatic carbocycles. The molecule has 10 heavy (non-hydrogen) atoms. The first-order valence-electron chi connectivity index (χ1n) is 2.95. The maximum absolute atomic E-state index is 9.93. The highest BCUT2D eigenvalue weighted by molar-refractivity contribution is 5.60. The molecule has 0 saturated heterocycles. The highest BCUT2D eigenvalue weighted by Crippen LogP contribution is 2.07. The van der Waals surface area contributed by atoms with Crippen LogP contribution in [0.2, 0.25) is 0 Å². The van der Waals surface area contributed by atoms with E-state index in [1.807, 2.05) is 6.07 Å². The van der Waals surface area contributed by atoms with E-state index in [9.17, 15) is 4.79 Å². The molecule has 0 aromatic heterocycles. The molecule has 0 heterocycles. The Hall–Kier alpha value is -1.15. The van der Waals surface area contributed by atoms with Crippen molar-refractivity contribution in [3.8, 4) is 0 Å². The molecule has 0 bridgehead atoms. The lowest BCUT2D eigenvalue weighted by Crippen LogP contribution is -1.96. The van der Waals surface area contributed by atoms with E-state index in [0.29, 0.717) is 5.56 Å². The average molecular weight is 135 g/mol. The maximum atomic E-state index is 9.93. The molecule has 1 aromatic rings. The summed E-state index contributed by atoms with van der Waals surface area (Å²) in [7, 11) is 0. The van der Waals surface area contributed by atoms with Crippen molar-refractivity contribution in [1.29, 1.82) is 0 Å². The van der Waals surface area contributed by atoms with Gasteiger partial charge in [0, 0.05) is 0 Å². The third-order valence-electron chi connectivity index (χ3n) is 1.23. The van der Waals surface area contributed by atoms with Crippen molar-refractivity contribution in [1.82, 2.24) is 0 Å². The average Bonchev–Trinajstić information content (AvgIpc) is 2.05. The smallest absolute Gasteiger partial charge is 0.234 e. The standard InChI is InChI=1S/C8H7O2/c9-6-8(10)7-4-2-1-3-5-7/h1-5,8,10H/t8-/m1/s1. The summed E-state index contributed by atoms with van der Waals surface area (Å²) in [6, 6.07) is 8.69. The van der Waals surface area contributed by atoms with E-state index in [-0.39, 0.29) is 0 Å². The van der Waals surface area contributed by atoms with Crippen molar-refractivity contribution in [3.63, 3.8) is 0 Å². The van der Waals surface area contributed by atoms with Crippen LogP contribution in [0.1, 0.15) is 11.7 Å². The molecular weight excluding hydrogens is 128 g/mol. The fourth-order valence-electron chi connectivity index (χ4n) is 0.703. The van der Waals surface area contributed by atoms with E-state index >= 15 is 0 Å². The van der Waals surface area contributed by atoms with Crippen molar-refractivity contribution in [2.45, 2.75) is 6.10 Å². The molecule has 0 amide bonds. The second-order valence-electron chi connectivity index (χ2n) is 1.93. The van der Waals surface area contributed by atoms with E-state index in [0.717, 1.165) is 0 Å². The highest BCUT2D eigenvalue weighted by atomic mass is 16.3. The largest absolute Gasteiger partial charge is 0.380 e. The first-order valence-corrected chi connectivity index (χ1v) is 2.95. The molecule has 1 N–H and O–H groups in total. The SMILES string of the molecule is O=[C][C@@H](O)c1ccccc1. The van der Waals surface area contributed by atoms with Gasteiger partial charge in [0.2, 0.25) is 6.29 Å². The number of hydrogen-bond acceptors (Lipinski definition) is 2. The van der Waals surface area contributed by atoms with Gasteiger partial charge in [-0.05, 0) is 5.56 Å². The fraction of sp³-hybridized carbons (Fsp3) is 0.125. The van der Waals surface area contributed by atoms with E-state index in [2.05, 4.69) is 0 Å². The quantitative estimate of drug-likeness (QED) is 0.652. The third-order valence-corrected chi connectivity index (χ3v) is 1.23. The summed E-state index contributed by atoms with van der Waals surface area (Å²) in [4.78, 5) is 9.93. The van der Waals surface area contributed by atoms with Gasteiger partial charge in [0.15, 0.2) is 0 Å². The van der Waals surface area contributed by atoms with Gasteiger partial charge < -0.3 is 5.11 Å². The van der Waals surface area contributed by atoms with E-state index < -0.39 is 6.10 Å². The molecule has 1 aromatic carbocycles. The van der Waals surface area contributed by atoms with Crippen LogP contribution in [0.5, 0.6) is 0 Å². The summed E-state index contributed by atoms with van der Waals surface area (Å²) >= 11 is 0. The zero-order valence-corrected chi connectivity index (χ0v) is 5.32. The molecule has 0 aliphatic rings. The molecule has 0 saturated carbocycles. The normalized spacial score (nSPS) is 12.5. The van der Waals surface area contributed by atoms with Crippen LogP contribution in [0, 0.1) is 0 Å². The Labute approximate surface area is 59.1 Å². The fourth-order valence-corrected chi connectivity index (χ4v) is 0.703. The predicted octanol–water partition coefficient (Wildman–Crippen LogP) is 0.830. The van der Waals surface area contributed by atoms with E-state index in [1.165, 1.54) is 6.29 Å². The zero-order valence-electron chi connectivity index (χ0n) is 5.32. The van der Waals surface area contributed by atoms with Crippen LogP contribution in [-0.4, -0.2) is 11.4 Å².